The fourth-order valence-corrected chi connectivity index (χ4v) is 2.70. The van der Waals surface area contributed by atoms with Gasteiger partial charge in [0.15, 0.2) is 0 Å². The minimum absolute atomic E-state index is 0.353. The van der Waals surface area contributed by atoms with E-state index < -0.39 is 0 Å². The van der Waals surface area contributed by atoms with Crippen molar-refractivity contribution in [1.82, 2.24) is 15.2 Å². The Morgan fingerprint density at radius 2 is 2.28 bits per heavy atom. The molecule has 1 N–H and O–H groups in total. The van der Waals surface area contributed by atoms with E-state index in [4.69, 9.17) is 11.6 Å². The van der Waals surface area contributed by atoms with E-state index >= 15 is 0 Å². The first-order valence-electron chi connectivity index (χ1n) is 6.49. The van der Waals surface area contributed by atoms with Crippen LogP contribution in [0.4, 0.5) is 0 Å². The topological polar surface area (TPSA) is 28.2 Å². The second-order valence-electron chi connectivity index (χ2n) is 4.55. The summed E-state index contributed by atoms with van der Waals surface area (Å²) in [6.45, 7) is 8.03. The highest BCUT2D eigenvalue weighted by molar-refractivity contribution is 6.30. The van der Waals surface area contributed by atoms with Gasteiger partial charge in [-0.2, -0.15) is 0 Å². The molecular weight excluding hydrogens is 246 g/mol. The minimum atomic E-state index is 0.353. The number of aromatic nitrogens is 1. The molecule has 1 aliphatic rings. The van der Waals surface area contributed by atoms with Gasteiger partial charge in [0.25, 0.3) is 0 Å². The van der Waals surface area contributed by atoms with Crippen LogP contribution in [0.3, 0.4) is 0 Å². The molecule has 1 fully saturated rings. The second kappa shape index (κ2) is 6.88. The van der Waals surface area contributed by atoms with Crippen molar-refractivity contribution in [3.8, 4) is 0 Å². The quantitative estimate of drug-likeness (QED) is 0.655. The zero-order valence-electron chi connectivity index (χ0n) is 10.6. The molecule has 1 aromatic rings. The molecule has 1 aromatic heterocycles. The summed E-state index contributed by atoms with van der Waals surface area (Å²) in [5, 5.41) is 4.01. The van der Waals surface area contributed by atoms with E-state index in [1.165, 1.54) is 0 Å². The van der Waals surface area contributed by atoms with Gasteiger partial charge in [0, 0.05) is 44.0 Å². The van der Waals surface area contributed by atoms with Gasteiger partial charge in [-0.15, -0.1) is 6.58 Å². The van der Waals surface area contributed by atoms with Crippen LogP contribution in [0, 0.1) is 0 Å². The maximum absolute atomic E-state index is 6.24. The lowest BCUT2D eigenvalue weighted by atomic mass is 10.0. The van der Waals surface area contributed by atoms with Crippen molar-refractivity contribution in [1.29, 1.82) is 0 Å². The molecule has 0 radical (unpaired) electrons. The summed E-state index contributed by atoms with van der Waals surface area (Å²) in [4.78, 5) is 6.69. The maximum atomic E-state index is 6.24. The molecule has 1 saturated heterocycles. The van der Waals surface area contributed by atoms with Crippen molar-refractivity contribution in [2.45, 2.75) is 18.9 Å². The number of rotatable bonds is 5. The first kappa shape index (κ1) is 13.5. The van der Waals surface area contributed by atoms with Gasteiger partial charge in [-0.3, -0.25) is 4.90 Å². The van der Waals surface area contributed by atoms with Crippen molar-refractivity contribution in [3.05, 3.63) is 41.7 Å². The standard InChI is InChI=1S/C14H20ClN3/c1-2-3-6-13(18-10-8-16-9-11-18)12-5-4-7-17-14(12)15/h2,4-5,7,13,16H,1,3,6,8-11H2/t13-/m0/s1. The Morgan fingerprint density at radius 3 is 2.94 bits per heavy atom. The van der Waals surface area contributed by atoms with E-state index in [1.807, 2.05) is 12.1 Å². The van der Waals surface area contributed by atoms with Crippen LogP contribution in [-0.2, 0) is 0 Å². The predicted octanol–water partition coefficient (Wildman–Crippen LogP) is 2.65. The average molecular weight is 266 g/mol. The Bertz CT molecular complexity index is 388. The normalized spacial score (nSPS) is 18.5. The molecule has 0 unspecified atom stereocenters. The molecule has 1 aliphatic heterocycles. The number of pyridine rings is 1. The molecule has 4 heteroatoms. The van der Waals surface area contributed by atoms with Crippen LogP contribution in [0.2, 0.25) is 5.15 Å². The zero-order valence-corrected chi connectivity index (χ0v) is 11.4. The fraction of sp³-hybridized carbons (Fsp3) is 0.500. The largest absolute Gasteiger partial charge is 0.314 e. The molecule has 2 rings (SSSR count). The summed E-state index contributed by atoms with van der Waals surface area (Å²) in [7, 11) is 0. The van der Waals surface area contributed by atoms with Crippen molar-refractivity contribution in [3.63, 3.8) is 0 Å². The number of nitrogens with one attached hydrogen (secondary N) is 1. The maximum Gasteiger partial charge on any atom is 0.133 e. The smallest absolute Gasteiger partial charge is 0.133 e. The van der Waals surface area contributed by atoms with Crippen molar-refractivity contribution >= 4 is 11.6 Å². The minimum Gasteiger partial charge on any atom is -0.314 e. The van der Waals surface area contributed by atoms with E-state index in [0.717, 1.165) is 44.6 Å². The third-order valence-corrected chi connectivity index (χ3v) is 3.70. The number of hydrogen-bond donors (Lipinski definition) is 1. The van der Waals surface area contributed by atoms with E-state index in [0.29, 0.717) is 11.2 Å². The molecule has 2 heterocycles. The molecule has 0 spiro atoms. The first-order chi connectivity index (χ1) is 8.83. The van der Waals surface area contributed by atoms with Gasteiger partial charge in [0.2, 0.25) is 0 Å². The predicted molar refractivity (Wildman–Crippen MR) is 75.9 cm³/mol. The lowest BCUT2D eigenvalue weighted by Crippen LogP contribution is -2.45. The van der Waals surface area contributed by atoms with Crippen LogP contribution >= 0.6 is 11.6 Å². The summed E-state index contributed by atoms with van der Waals surface area (Å²) in [6.07, 6.45) is 5.77. The average Bonchev–Trinajstić information content (AvgIpc) is 2.42. The number of nitrogens with zero attached hydrogens (tertiary/aromatic N) is 2. The van der Waals surface area contributed by atoms with Crippen LogP contribution in [0.15, 0.2) is 31.0 Å². The van der Waals surface area contributed by atoms with Gasteiger partial charge < -0.3 is 5.32 Å². The summed E-state index contributed by atoms with van der Waals surface area (Å²) >= 11 is 6.24. The fourth-order valence-electron chi connectivity index (χ4n) is 2.45. The van der Waals surface area contributed by atoms with Gasteiger partial charge in [0.1, 0.15) is 5.15 Å². The highest BCUT2D eigenvalue weighted by Gasteiger charge is 2.23. The first-order valence-corrected chi connectivity index (χ1v) is 6.87. The van der Waals surface area contributed by atoms with Gasteiger partial charge >= 0.3 is 0 Å². The number of halogens is 1. The van der Waals surface area contributed by atoms with Crippen LogP contribution in [0.1, 0.15) is 24.4 Å². The molecule has 0 bridgehead atoms. The lowest BCUT2D eigenvalue weighted by Gasteiger charge is -2.35. The molecule has 0 amide bonds. The molecule has 98 valence electrons. The number of piperazine rings is 1. The molecular formula is C14H20ClN3. The van der Waals surface area contributed by atoms with Crippen LogP contribution in [0.25, 0.3) is 0 Å². The van der Waals surface area contributed by atoms with E-state index in [9.17, 15) is 0 Å². The van der Waals surface area contributed by atoms with E-state index in [2.05, 4.69) is 27.8 Å². The molecule has 0 saturated carbocycles. The highest BCUT2D eigenvalue weighted by atomic mass is 35.5. The van der Waals surface area contributed by atoms with Gasteiger partial charge in [0.05, 0.1) is 0 Å². The molecule has 0 aromatic carbocycles. The van der Waals surface area contributed by atoms with Gasteiger partial charge in [-0.25, -0.2) is 4.98 Å². The lowest BCUT2D eigenvalue weighted by molar-refractivity contribution is 0.166. The Labute approximate surface area is 114 Å². The van der Waals surface area contributed by atoms with Crippen LogP contribution < -0.4 is 5.32 Å². The summed E-state index contributed by atoms with van der Waals surface area (Å²) in [5.74, 6) is 0. The van der Waals surface area contributed by atoms with E-state index in [1.54, 1.807) is 6.20 Å². The number of allylic oxidation sites excluding steroid dienone is 1. The van der Waals surface area contributed by atoms with Gasteiger partial charge in [-0.1, -0.05) is 23.7 Å². The van der Waals surface area contributed by atoms with Crippen molar-refractivity contribution in [2.24, 2.45) is 0 Å². The highest BCUT2D eigenvalue weighted by Crippen LogP contribution is 2.30. The van der Waals surface area contributed by atoms with Gasteiger partial charge in [-0.05, 0) is 18.9 Å². The zero-order chi connectivity index (χ0) is 12.8. The summed E-state index contributed by atoms with van der Waals surface area (Å²) in [6, 6.07) is 4.40. The SMILES string of the molecule is C=CCC[C@@H](c1cccnc1Cl)N1CCNCC1. The van der Waals surface area contributed by atoms with Crippen molar-refractivity contribution < 1.29 is 0 Å². The summed E-state index contributed by atoms with van der Waals surface area (Å²) < 4.78 is 0. The van der Waals surface area contributed by atoms with Crippen LogP contribution in [-0.4, -0.2) is 36.1 Å². The molecule has 0 aliphatic carbocycles. The number of hydrogen-bond acceptors (Lipinski definition) is 3. The second-order valence-corrected chi connectivity index (χ2v) is 4.91. The molecule has 1 atom stereocenters. The molecule has 18 heavy (non-hydrogen) atoms. The third-order valence-electron chi connectivity index (χ3n) is 3.38. The Balaban J connectivity index is 2.18. The summed E-state index contributed by atoms with van der Waals surface area (Å²) in [5.41, 5.74) is 1.14. The Morgan fingerprint density at radius 1 is 1.50 bits per heavy atom. The Kier molecular flexibility index (Phi) is 5.17. The van der Waals surface area contributed by atoms with Crippen molar-refractivity contribution in [2.75, 3.05) is 26.2 Å². The van der Waals surface area contributed by atoms with Crippen LogP contribution in [0.5, 0.6) is 0 Å². The molecule has 3 nitrogen and oxygen atoms in total. The third kappa shape index (κ3) is 3.31. The van der Waals surface area contributed by atoms with E-state index in [-0.39, 0.29) is 0 Å². The monoisotopic (exact) mass is 265 g/mol. The Hall–Kier alpha value is -0.900.